The Kier molecular flexibility index (Phi) is 6.13. The van der Waals surface area contributed by atoms with Crippen molar-refractivity contribution in [1.82, 2.24) is 15.2 Å². The maximum atomic E-state index is 12.7. The molecule has 2 aliphatic rings. The maximum Gasteiger partial charge on any atom is 0.316 e. The van der Waals surface area contributed by atoms with Gasteiger partial charge in [0.05, 0.1) is 0 Å². The highest BCUT2D eigenvalue weighted by Gasteiger charge is 2.56. The molecule has 156 valence electrons. The number of thiazole rings is 1. The van der Waals surface area contributed by atoms with Crippen molar-refractivity contribution in [2.24, 2.45) is 10.6 Å². The van der Waals surface area contributed by atoms with Gasteiger partial charge in [-0.3, -0.25) is 14.4 Å². The number of carbonyl (C=O) groups is 3. The third kappa shape index (κ3) is 3.94. The number of nitrogens with two attached hydrogens (primary N) is 1. The minimum atomic E-state index is -1.12. The van der Waals surface area contributed by atoms with Crippen LogP contribution in [0.4, 0.5) is 5.13 Å². The summed E-state index contributed by atoms with van der Waals surface area (Å²) in [6, 6.07) is -0.771. The quantitative estimate of drug-likeness (QED) is 0.241. The zero-order chi connectivity index (χ0) is 21.2. The average molecular weight is 440 g/mol. The number of carbonyl (C=O) groups excluding carboxylic acids is 2. The molecule has 0 spiro atoms. The summed E-state index contributed by atoms with van der Waals surface area (Å²) in [6.07, 6.45) is 4.16. The third-order valence-corrected chi connectivity index (χ3v) is 6.88. The Labute approximate surface area is 175 Å². The van der Waals surface area contributed by atoms with Crippen LogP contribution >= 0.6 is 23.1 Å². The molecule has 2 aliphatic heterocycles. The predicted molar refractivity (Wildman–Crippen MR) is 109 cm³/mol. The molecule has 4 N–H and O–H groups in total. The van der Waals surface area contributed by atoms with Crippen LogP contribution < -0.4 is 11.1 Å². The van der Waals surface area contributed by atoms with E-state index in [9.17, 15) is 19.5 Å². The lowest BCUT2D eigenvalue weighted by atomic mass is 9.86. The van der Waals surface area contributed by atoms with Gasteiger partial charge in [-0.2, -0.15) is 0 Å². The van der Waals surface area contributed by atoms with Crippen molar-refractivity contribution in [2.75, 3.05) is 25.1 Å². The van der Waals surface area contributed by atoms with Crippen molar-refractivity contribution in [2.45, 2.75) is 24.8 Å². The van der Waals surface area contributed by atoms with Gasteiger partial charge in [0.2, 0.25) is 5.91 Å². The van der Waals surface area contributed by atoms with E-state index in [1.807, 2.05) is 6.92 Å². The normalized spacial score (nSPS) is 26.8. The van der Waals surface area contributed by atoms with Crippen molar-refractivity contribution < 1.29 is 24.3 Å². The van der Waals surface area contributed by atoms with Crippen LogP contribution in [0, 0.1) is 5.41 Å². The van der Waals surface area contributed by atoms with Gasteiger partial charge >= 0.3 is 5.97 Å². The van der Waals surface area contributed by atoms with E-state index in [2.05, 4.69) is 15.5 Å². The Balaban J connectivity index is 1.71. The molecule has 29 heavy (non-hydrogen) atoms. The van der Waals surface area contributed by atoms with E-state index in [0.717, 1.165) is 11.3 Å². The number of nitrogens with zero attached hydrogens (tertiary/aromatic N) is 3. The third-order valence-electron chi connectivity index (χ3n) is 4.65. The van der Waals surface area contributed by atoms with Crippen LogP contribution in [0.1, 0.15) is 19.0 Å². The van der Waals surface area contributed by atoms with E-state index in [0.29, 0.717) is 12.2 Å². The number of nitrogen functional groups attached to an aromatic ring is 1. The minimum absolute atomic E-state index is 0.0728. The van der Waals surface area contributed by atoms with Crippen molar-refractivity contribution in [3.8, 4) is 0 Å². The number of allylic oxidation sites excluding steroid dienone is 1. The highest BCUT2D eigenvalue weighted by Crippen LogP contribution is 2.43. The molecule has 0 bridgehead atoms. The number of amides is 2. The van der Waals surface area contributed by atoms with E-state index in [4.69, 9.17) is 10.6 Å². The summed E-state index contributed by atoms with van der Waals surface area (Å²) in [5, 5.41) is 17.5. The smallest absolute Gasteiger partial charge is 0.316 e. The molecule has 0 radical (unpaired) electrons. The van der Waals surface area contributed by atoms with Gasteiger partial charge in [0.25, 0.3) is 5.91 Å². The Hall–Kier alpha value is -2.60. The largest absolute Gasteiger partial charge is 0.481 e. The van der Waals surface area contributed by atoms with Gasteiger partial charge < -0.3 is 25.9 Å². The number of rotatable bonds is 7. The summed E-state index contributed by atoms with van der Waals surface area (Å²) in [4.78, 5) is 47.3. The zero-order valence-electron chi connectivity index (χ0n) is 15.8. The van der Waals surface area contributed by atoms with Gasteiger partial charge in [-0.1, -0.05) is 24.2 Å². The van der Waals surface area contributed by atoms with Crippen LogP contribution in [0.15, 0.2) is 22.7 Å². The molecular formula is C17H21N5O5S2. The van der Waals surface area contributed by atoms with Gasteiger partial charge in [0, 0.05) is 17.7 Å². The first-order valence-corrected chi connectivity index (χ1v) is 10.7. The number of fused-ring (bicyclic) bond motifs is 1. The van der Waals surface area contributed by atoms with Crippen molar-refractivity contribution in [3.63, 3.8) is 0 Å². The summed E-state index contributed by atoms with van der Waals surface area (Å²) in [5.41, 5.74) is 4.65. The first-order valence-electron chi connectivity index (χ1n) is 8.79. The monoisotopic (exact) mass is 439 g/mol. The van der Waals surface area contributed by atoms with Crippen molar-refractivity contribution in [1.29, 1.82) is 0 Å². The van der Waals surface area contributed by atoms with E-state index in [1.54, 1.807) is 17.5 Å². The number of anilines is 1. The lowest BCUT2D eigenvalue weighted by molar-refractivity contribution is -0.156. The Morgan fingerprint density at radius 2 is 2.34 bits per heavy atom. The fourth-order valence-electron chi connectivity index (χ4n) is 3.14. The number of aliphatic carboxylic acids is 1. The van der Waals surface area contributed by atoms with Gasteiger partial charge in [0.1, 0.15) is 29.6 Å². The second-order valence-electron chi connectivity index (χ2n) is 6.58. The molecule has 2 amide bonds. The standard InChI is InChI=1S/C17H21N5O5S2/c1-3-4-5-17(15(25)26)7-22-13(24)11(14(22)29-8-17)20-12(23)10(21-27-2)9-6-28-16(18)19-9/h4-6,11,14H,3,7-8H2,1-2H3,(H2,18,19)(H,20,23)(H,25,26)/t11?,14-,17?/m1/s1. The van der Waals surface area contributed by atoms with Crippen LogP contribution in [0.5, 0.6) is 0 Å². The molecule has 1 aromatic heterocycles. The first-order chi connectivity index (χ1) is 13.8. The number of hydrogen-bond acceptors (Lipinski definition) is 9. The number of nitrogens with one attached hydrogen (secondary N) is 1. The van der Waals surface area contributed by atoms with Gasteiger partial charge in [-0.05, 0) is 6.42 Å². The highest BCUT2D eigenvalue weighted by molar-refractivity contribution is 8.00. The molecule has 10 nitrogen and oxygen atoms in total. The molecular weight excluding hydrogens is 418 g/mol. The van der Waals surface area contributed by atoms with Gasteiger partial charge in [-0.25, -0.2) is 4.98 Å². The molecule has 0 aliphatic carbocycles. The van der Waals surface area contributed by atoms with Crippen LogP contribution in [-0.2, 0) is 19.2 Å². The number of carboxylic acids is 1. The topological polar surface area (TPSA) is 147 Å². The van der Waals surface area contributed by atoms with Crippen molar-refractivity contribution >= 4 is 51.7 Å². The number of thioether (sulfide) groups is 1. The number of aromatic nitrogens is 1. The fourth-order valence-corrected chi connectivity index (χ4v) is 5.20. The van der Waals surface area contributed by atoms with Gasteiger partial charge in [-0.15, -0.1) is 23.1 Å². The Morgan fingerprint density at radius 1 is 1.59 bits per heavy atom. The Bertz CT molecular complexity index is 885. The minimum Gasteiger partial charge on any atom is -0.481 e. The first kappa shape index (κ1) is 21.1. The molecule has 3 atom stereocenters. The molecule has 2 fully saturated rings. The fraction of sp³-hybridized carbons (Fsp3) is 0.471. The van der Waals surface area contributed by atoms with E-state index < -0.39 is 23.3 Å². The van der Waals surface area contributed by atoms with E-state index in [-0.39, 0.29) is 34.4 Å². The Morgan fingerprint density at radius 3 is 2.93 bits per heavy atom. The summed E-state index contributed by atoms with van der Waals surface area (Å²) >= 11 is 2.48. The van der Waals surface area contributed by atoms with Crippen LogP contribution in [0.25, 0.3) is 0 Å². The molecule has 2 saturated heterocycles. The average Bonchev–Trinajstić information content (AvgIpc) is 3.13. The second-order valence-corrected chi connectivity index (χ2v) is 8.58. The molecule has 2 unspecified atom stereocenters. The summed E-state index contributed by atoms with van der Waals surface area (Å²) in [6.45, 7) is 1.99. The van der Waals surface area contributed by atoms with Crippen LogP contribution in [0.3, 0.4) is 0 Å². The lowest BCUT2D eigenvalue weighted by Crippen LogP contribution is -2.73. The number of hydrogen-bond donors (Lipinski definition) is 3. The molecule has 0 saturated carbocycles. The van der Waals surface area contributed by atoms with Gasteiger partial charge in [0.15, 0.2) is 10.8 Å². The molecule has 12 heteroatoms. The number of carboxylic acid groups (broad SMARTS) is 1. The van der Waals surface area contributed by atoms with Crippen molar-refractivity contribution in [3.05, 3.63) is 23.2 Å². The summed E-state index contributed by atoms with van der Waals surface area (Å²) in [7, 11) is 1.30. The van der Waals surface area contributed by atoms with E-state index >= 15 is 0 Å². The van der Waals surface area contributed by atoms with E-state index in [1.165, 1.54) is 23.8 Å². The van der Waals surface area contributed by atoms with Crippen LogP contribution in [0.2, 0.25) is 0 Å². The second kappa shape index (κ2) is 8.41. The van der Waals surface area contributed by atoms with Crippen LogP contribution in [-0.4, -0.2) is 69.3 Å². The maximum absolute atomic E-state index is 12.7. The lowest BCUT2D eigenvalue weighted by Gasteiger charge is -2.53. The predicted octanol–water partition coefficient (Wildman–Crippen LogP) is 0.513. The molecule has 0 aromatic carbocycles. The zero-order valence-corrected chi connectivity index (χ0v) is 17.5. The SMILES string of the molecule is CCC=CC1(C(=O)O)CS[C@@H]2C(NC(=O)C(=NOC)c3csc(N)n3)C(=O)N2C1. The summed E-state index contributed by atoms with van der Waals surface area (Å²) < 4.78 is 0. The number of oxime groups is 1. The number of β-lactam (4-membered cyclic amide) rings is 1. The molecule has 3 heterocycles. The molecule has 1 aromatic rings. The highest BCUT2D eigenvalue weighted by atomic mass is 32.2. The summed E-state index contributed by atoms with van der Waals surface area (Å²) in [5.74, 6) is -1.61. The molecule has 3 rings (SSSR count).